The average molecular weight is 298 g/mol. The minimum Gasteiger partial charge on any atom is -0.468 e. The number of methoxy groups -OCH3 is 1. The Kier molecular flexibility index (Phi) is 2.87. The molecule has 3 heterocycles. The number of ether oxygens (including phenoxy) is 1. The van der Waals surface area contributed by atoms with Crippen LogP contribution in [0.5, 0.6) is 0 Å². The molecule has 0 aliphatic carbocycles. The number of benzene rings is 1. The van der Waals surface area contributed by atoms with Crippen LogP contribution < -0.4 is 0 Å². The molecule has 0 bridgehead atoms. The summed E-state index contributed by atoms with van der Waals surface area (Å²) in [6.45, 7) is 0. The number of aromatic nitrogens is 1. The summed E-state index contributed by atoms with van der Waals surface area (Å²) in [6.07, 6.45) is 1.86. The zero-order chi connectivity index (χ0) is 15.4. The largest absolute Gasteiger partial charge is 0.468 e. The molecule has 1 aromatic carbocycles. The summed E-state index contributed by atoms with van der Waals surface area (Å²) in [7, 11) is 3.38. The number of rotatable bonds is 1. The van der Waals surface area contributed by atoms with Crippen LogP contribution in [0.1, 0.15) is 34.9 Å². The second kappa shape index (κ2) is 4.68. The van der Waals surface area contributed by atoms with E-state index in [9.17, 15) is 9.59 Å². The van der Waals surface area contributed by atoms with E-state index in [4.69, 9.17) is 4.74 Å². The molecular weight excluding hydrogens is 280 g/mol. The van der Waals surface area contributed by atoms with Gasteiger partial charge in [0.15, 0.2) is 0 Å². The summed E-state index contributed by atoms with van der Waals surface area (Å²) in [5.74, 6) is -0.0551. The van der Waals surface area contributed by atoms with Crippen molar-refractivity contribution in [3.05, 3.63) is 35.5 Å². The quantitative estimate of drug-likeness (QED) is 0.757. The van der Waals surface area contributed by atoms with Crippen LogP contribution in [-0.2, 0) is 16.0 Å². The van der Waals surface area contributed by atoms with Crippen molar-refractivity contribution < 1.29 is 14.3 Å². The molecule has 2 aliphatic rings. The predicted octanol–water partition coefficient (Wildman–Crippen LogP) is 2.15. The van der Waals surface area contributed by atoms with Crippen molar-refractivity contribution in [1.82, 2.24) is 9.47 Å². The number of para-hydroxylation sites is 1. The van der Waals surface area contributed by atoms with Gasteiger partial charge in [0, 0.05) is 23.9 Å². The van der Waals surface area contributed by atoms with E-state index in [-0.39, 0.29) is 24.0 Å². The van der Waals surface area contributed by atoms with Gasteiger partial charge in [-0.1, -0.05) is 18.2 Å². The molecule has 114 valence electrons. The lowest BCUT2D eigenvalue weighted by molar-refractivity contribution is -0.148. The Morgan fingerprint density at radius 1 is 1.32 bits per heavy atom. The average Bonchev–Trinajstić information content (AvgIpc) is 2.87. The molecule has 0 radical (unpaired) electrons. The van der Waals surface area contributed by atoms with Crippen molar-refractivity contribution in [2.45, 2.75) is 31.3 Å². The number of hydrogen-bond donors (Lipinski definition) is 0. The van der Waals surface area contributed by atoms with Crippen molar-refractivity contribution in [2.75, 3.05) is 14.2 Å². The minimum atomic E-state index is -0.282. The molecule has 5 heteroatoms. The maximum atomic E-state index is 12.4. The Morgan fingerprint density at radius 2 is 2.09 bits per heavy atom. The van der Waals surface area contributed by atoms with Crippen LogP contribution in [0.3, 0.4) is 0 Å². The second-order valence-corrected chi connectivity index (χ2v) is 6.07. The number of esters is 1. The minimum absolute atomic E-state index is 0.0953. The number of carbonyl (C=O) groups excluding carboxylic acids is 2. The number of nitrogens with zero attached hydrogens (tertiary/aromatic N) is 2. The first-order valence-corrected chi connectivity index (χ1v) is 7.58. The summed E-state index contributed by atoms with van der Waals surface area (Å²) >= 11 is 0. The van der Waals surface area contributed by atoms with E-state index >= 15 is 0 Å². The third-order valence-corrected chi connectivity index (χ3v) is 5.07. The fraction of sp³-hybridized carbons (Fsp3) is 0.412. The molecule has 5 nitrogen and oxygen atoms in total. The van der Waals surface area contributed by atoms with Crippen LogP contribution in [0.25, 0.3) is 10.9 Å². The number of likely N-dealkylation sites (N-methyl/N-ethyl adjacent to an activating group) is 1. The fourth-order valence-corrected chi connectivity index (χ4v) is 4.01. The second-order valence-electron chi connectivity index (χ2n) is 6.07. The van der Waals surface area contributed by atoms with Crippen LogP contribution in [0.4, 0.5) is 0 Å². The fourth-order valence-electron chi connectivity index (χ4n) is 4.01. The summed E-state index contributed by atoms with van der Waals surface area (Å²) in [5.41, 5.74) is 3.16. The van der Waals surface area contributed by atoms with E-state index in [2.05, 4.69) is 4.90 Å². The number of carbonyl (C=O) groups is 2. The topological polar surface area (TPSA) is 51.5 Å². The third kappa shape index (κ3) is 1.63. The highest BCUT2D eigenvalue weighted by Crippen LogP contribution is 2.43. The van der Waals surface area contributed by atoms with Crippen LogP contribution in [0, 0.1) is 0 Å². The van der Waals surface area contributed by atoms with Crippen molar-refractivity contribution in [1.29, 1.82) is 0 Å². The van der Waals surface area contributed by atoms with E-state index < -0.39 is 0 Å². The van der Waals surface area contributed by atoms with Gasteiger partial charge in [-0.3, -0.25) is 19.1 Å². The van der Waals surface area contributed by atoms with Gasteiger partial charge in [-0.15, -0.1) is 0 Å². The normalized spacial score (nSPS) is 24.4. The first kappa shape index (κ1) is 13.5. The monoisotopic (exact) mass is 298 g/mol. The molecule has 2 aliphatic heterocycles. The molecule has 2 atom stereocenters. The van der Waals surface area contributed by atoms with Gasteiger partial charge in [0.1, 0.15) is 6.04 Å². The molecule has 0 fully saturated rings. The van der Waals surface area contributed by atoms with E-state index in [0.717, 1.165) is 28.6 Å². The number of fused-ring (bicyclic) bond motifs is 3. The molecular formula is C17H18N2O3. The SMILES string of the molecule is COC(=O)[C@@H]1Cc2c3n(c4ccccc24)C(=O)CC[C@@H]3N1C. The van der Waals surface area contributed by atoms with Gasteiger partial charge in [0.25, 0.3) is 0 Å². The summed E-state index contributed by atoms with van der Waals surface area (Å²) in [6, 6.07) is 7.78. The summed E-state index contributed by atoms with van der Waals surface area (Å²) in [4.78, 5) is 26.6. The maximum absolute atomic E-state index is 12.4. The maximum Gasteiger partial charge on any atom is 0.323 e. The Hall–Kier alpha value is -2.14. The van der Waals surface area contributed by atoms with Crippen LogP contribution in [-0.4, -0.2) is 41.5 Å². The van der Waals surface area contributed by atoms with Crippen molar-refractivity contribution in [3.8, 4) is 0 Å². The Labute approximate surface area is 128 Å². The highest BCUT2D eigenvalue weighted by Gasteiger charge is 2.42. The third-order valence-electron chi connectivity index (χ3n) is 5.07. The first-order valence-electron chi connectivity index (χ1n) is 7.58. The number of hydrogen-bond acceptors (Lipinski definition) is 4. The van der Waals surface area contributed by atoms with Crippen LogP contribution in [0.15, 0.2) is 24.3 Å². The Bertz CT molecular complexity index is 793. The molecule has 22 heavy (non-hydrogen) atoms. The van der Waals surface area contributed by atoms with Gasteiger partial charge in [0.2, 0.25) is 5.91 Å². The van der Waals surface area contributed by atoms with E-state index in [0.29, 0.717) is 12.8 Å². The molecule has 0 saturated heterocycles. The molecule has 0 amide bonds. The van der Waals surface area contributed by atoms with E-state index in [1.807, 2.05) is 35.9 Å². The highest BCUT2D eigenvalue weighted by atomic mass is 16.5. The smallest absolute Gasteiger partial charge is 0.323 e. The highest BCUT2D eigenvalue weighted by molar-refractivity contribution is 5.98. The molecule has 0 N–H and O–H groups in total. The van der Waals surface area contributed by atoms with Crippen LogP contribution in [0.2, 0.25) is 0 Å². The van der Waals surface area contributed by atoms with Gasteiger partial charge in [-0.25, -0.2) is 0 Å². The lowest BCUT2D eigenvalue weighted by Crippen LogP contribution is -2.48. The summed E-state index contributed by atoms with van der Waals surface area (Å²) in [5, 5.41) is 1.08. The zero-order valence-electron chi connectivity index (χ0n) is 12.7. The van der Waals surface area contributed by atoms with Gasteiger partial charge in [-0.2, -0.15) is 0 Å². The van der Waals surface area contributed by atoms with Crippen molar-refractivity contribution >= 4 is 22.8 Å². The zero-order valence-corrected chi connectivity index (χ0v) is 12.7. The molecule has 0 saturated carbocycles. The molecule has 0 unspecified atom stereocenters. The molecule has 4 rings (SSSR count). The van der Waals surface area contributed by atoms with Gasteiger partial charge >= 0.3 is 5.97 Å². The molecule has 0 spiro atoms. The lowest BCUT2D eigenvalue weighted by atomic mass is 9.88. The molecule has 2 aromatic rings. The van der Waals surface area contributed by atoms with Gasteiger partial charge in [0.05, 0.1) is 18.7 Å². The van der Waals surface area contributed by atoms with E-state index in [1.165, 1.54) is 7.11 Å². The van der Waals surface area contributed by atoms with Gasteiger partial charge in [-0.05, 0) is 25.1 Å². The van der Waals surface area contributed by atoms with E-state index in [1.54, 1.807) is 0 Å². The predicted molar refractivity (Wildman–Crippen MR) is 81.8 cm³/mol. The Morgan fingerprint density at radius 3 is 2.86 bits per heavy atom. The van der Waals surface area contributed by atoms with Crippen molar-refractivity contribution in [2.24, 2.45) is 0 Å². The standard InChI is InChI=1S/C17H18N2O3/c1-18-13-7-8-15(20)19-12-6-4-3-5-10(12)11(16(13)19)9-14(18)17(21)22-2/h3-6,13-14H,7-9H2,1-2H3/t13-,14-/m0/s1. The lowest BCUT2D eigenvalue weighted by Gasteiger charge is -2.40. The first-order chi connectivity index (χ1) is 10.6. The summed E-state index contributed by atoms with van der Waals surface area (Å²) < 4.78 is 6.84. The molecule has 1 aromatic heterocycles. The Balaban J connectivity index is 1.99. The van der Waals surface area contributed by atoms with Crippen LogP contribution >= 0.6 is 0 Å². The van der Waals surface area contributed by atoms with Crippen molar-refractivity contribution in [3.63, 3.8) is 0 Å². The van der Waals surface area contributed by atoms with Gasteiger partial charge < -0.3 is 4.74 Å².